The molecule has 0 fully saturated rings. The predicted molar refractivity (Wildman–Crippen MR) is 83.4 cm³/mol. The van der Waals surface area contributed by atoms with Crippen molar-refractivity contribution in [3.05, 3.63) is 41.0 Å². The van der Waals surface area contributed by atoms with Crippen LogP contribution >= 0.6 is 0 Å². The Hall–Kier alpha value is -1.97. The third-order valence-corrected chi connectivity index (χ3v) is 4.27. The summed E-state index contributed by atoms with van der Waals surface area (Å²) in [5.74, 6) is 0. The van der Waals surface area contributed by atoms with E-state index >= 15 is 0 Å². The summed E-state index contributed by atoms with van der Waals surface area (Å²) in [5.41, 5.74) is -0.0853. The Labute approximate surface area is 129 Å². The van der Waals surface area contributed by atoms with Crippen LogP contribution in [0, 0.1) is 10.1 Å². The molecule has 0 spiro atoms. The normalized spacial score (nSPS) is 12.6. The fraction of sp³-hybridized carbons (Fsp3) is 0.385. The van der Waals surface area contributed by atoms with Crippen LogP contribution in [0.25, 0.3) is 0 Å². The number of methoxy groups -OCH3 is 1. The molecule has 0 amide bonds. The van der Waals surface area contributed by atoms with Gasteiger partial charge in [-0.15, -0.1) is 6.58 Å². The molecular formula is C13H19N3O5S. The first kappa shape index (κ1) is 18.1. The van der Waals surface area contributed by atoms with Crippen molar-refractivity contribution < 1.29 is 18.1 Å². The second kappa shape index (κ2) is 7.87. The Kier molecular flexibility index (Phi) is 6.47. The van der Waals surface area contributed by atoms with Crippen molar-refractivity contribution in [2.24, 2.45) is 0 Å². The topological polar surface area (TPSA) is 111 Å². The highest BCUT2D eigenvalue weighted by Crippen LogP contribution is 2.27. The van der Waals surface area contributed by atoms with E-state index in [1.54, 1.807) is 13.0 Å². The molecule has 1 atom stereocenters. The summed E-state index contributed by atoms with van der Waals surface area (Å²) in [5, 5.41) is 13.9. The molecule has 1 aromatic rings. The largest absolute Gasteiger partial charge is 0.383 e. The third kappa shape index (κ3) is 4.79. The van der Waals surface area contributed by atoms with E-state index < -0.39 is 21.0 Å². The molecule has 22 heavy (non-hydrogen) atoms. The van der Waals surface area contributed by atoms with Crippen LogP contribution in [-0.4, -0.2) is 39.6 Å². The minimum Gasteiger partial charge on any atom is -0.383 e. The molecule has 0 aliphatic carbocycles. The van der Waals surface area contributed by atoms with Gasteiger partial charge in [-0.25, -0.2) is 13.1 Å². The zero-order valence-corrected chi connectivity index (χ0v) is 13.2. The number of benzene rings is 1. The van der Waals surface area contributed by atoms with Crippen LogP contribution in [-0.2, 0) is 14.8 Å². The summed E-state index contributed by atoms with van der Waals surface area (Å²) in [6, 6.07) is 3.23. The summed E-state index contributed by atoms with van der Waals surface area (Å²) in [7, 11) is -2.40. The van der Waals surface area contributed by atoms with E-state index in [0.29, 0.717) is 6.54 Å². The monoisotopic (exact) mass is 329 g/mol. The molecule has 0 radical (unpaired) electrons. The SMILES string of the molecule is C=CCNc1ccc(S(=O)(=O)N[C@@H](C)COC)cc1[N+](=O)[O-]. The quantitative estimate of drug-likeness (QED) is 0.403. The molecular weight excluding hydrogens is 310 g/mol. The molecule has 122 valence electrons. The highest BCUT2D eigenvalue weighted by Gasteiger charge is 2.22. The average Bonchev–Trinajstić information content (AvgIpc) is 2.44. The maximum atomic E-state index is 12.2. The van der Waals surface area contributed by atoms with Crippen molar-refractivity contribution in [2.45, 2.75) is 17.9 Å². The van der Waals surface area contributed by atoms with Crippen LogP contribution in [0.15, 0.2) is 35.7 Å². The number of sulfonamides is 1. The molecule has 1 rings (SSSR count). The minimum atomic E-state index is -3.86. The second-order valence-corrected chi connectivity index (χ2v) is 6.30. The summed E-state index contributed by atoms with van der Waals surface area (Å²) in [6.07, 6.45) is 1.54. The van der Waals surface area contributed by atoms with E-state index in [1.807, 2.05) is 0 Å². The van der Waals surface area contributed by atoms with E-state index in [1.165, 1.54) is 19.2 Å². The number of ether oxygens (including phenoxy) is 1. The maximum absolute atomic E-state index is 12.2. The Morgan fingerprint density at radius 1 is 1.50 bits per heavy atom. The number of hydrogen-bond acceptors (Lipinski definition) is 6. The zero-order chi connectivity index (χ0) is 16.8. The van der Waals surface area contributed by atoms with Crippen LogP contribution in [0.5, 0.6) is 0 Å². The van der Waals surface area contributed by atoms with Crippen LogP contribution in [0.3, 0.4) is 0 Å². The van der Waals surface area contributed by atoms with Crippen LogP contribution in [0.4, 0.5) is 11.4 Å². The van der Waals surface area contributed by atoms with Crippen LogP contribution < -0.4 is 10.0 Å². The number of nitro groups is 1. The van der Waals surface area contributed by atoms with Gasteiger partial charge in [-0.1, -0.05) is 6.08 Å². The Balaban J connectivity index is 3.12. The number of nitrogens with one attached hydrogen (secondary N) is 2. The van der Waals surface area contributed by atoms with E-state index in [4.69, 9.17) is 4.74 Å². The molecule has 0 saturated carbocycles. The van der Waals surface area contributed by atoms with Gasteiger partial charge in [0.25, 0.3) is 5.69 Å². The first-order valence-corrected chi connectivity index (χ1v) is 7.94. The molecule has 0 heterocycles. The van der Waals surface area contributed by atoms with Crippen molar-refractivity contribution >= 4 is 21.4 Å². The molecule has 9 heteroatoms. The van der Waals surface area contributed by atoms with Crippen LogP contribution in [0.2, 0.25) is 0 Å². The second-order valence-electron chi connectivity index (χ2n) is 4.58. The lowest BCUT2D eigenvalue weighted by Gasteiger charge is -2.13. The average molecular weight is 329 g/mol. The van der Waals surface area contributed by atoms with E-state index in [9.17, 15) is 18.5 Å². The van der Waals surface area contributed by atoms with Gasteiger partial charge >= 0.3 is 0 Å². The molecule has 0 bridgehead atoms. The lowest BCUT2D eigenvalue weighted by molar-refractivity contribution is -0.384. The summed E-state index contributed by atoms with van der Waals surface area (Å²) < 4.78 is 31.6. The van der Waals surface area contributed by atoms with Crippen molar-refractivity contribution in [3.63, 3.8) is 0 Å². The summed E-state index contributed by atoms with van der Waals surface area (Å²) >= 11 is 0. The number of hydrogen-bond donors (Lipinski definition) is 2. The number of anilines is 1. The number of rotatable bonds is 9. The molecule has 0 aromatic heterocycles. The van der Waals surface area contributed by atoms with Gasteiger partial charge in [0, 0.05) is 25.8 Å². The summed E-state index contributed by atoms with van der Waals surface area (Å²) in [6.45, 7) is 5.67. The van der Waals surface area contributed by atoms with Crippen molar-refractivity contribution in [1.82, 2.24) is 4.72 Å². The van der Waals surface area contributed by atoms with Gasteiger partial charge in [0.05, 0.1) is 16.4 Å². The molecule has 0 aliphatic heterocycles. The van der Waals surface area contributed by atoms with E-state index in [2.05, 4.69) is 16.6 Å². The predicted octanol–water partition coefficient (Wildman–Crippen LogP) is 1.51. The molecule has 0 saturated heterocycles. The van der Waals surface area contributed by atoms with Crippen molar-refractivity contribution in [3.8, 4) is 0 Å². The molecule has 8 nitrogen and oxygen atoms in total. The minimum absolute atomic E-state index is 0.175. The molecule has 2 N–H and O–H groups in total. The lowest BCUT2D eigenvalue weighted by atomic mass is 10.2. The van der Waals surface area contributed by atoms with E-state index in [-0.39, 0.29) is 22.9 Å². The van der Waals surface area contributed by atoms with Crippen LogP contribution in [0.1, 0.15) is 6.92 Å². The Morgan fingerprint density at radius 3 is 2.73 bits per heavy atom. The molecule has 0 unspecified atom stereocenters. The maximum Gasteiger partial charge on any atom is 0.293 e. The standard InChI is InChI=1S/C13H19N3O5S/c1-4-7-14-12-6-5-11(8-13(12)16(17)18)22(19,20)15-10(2)9-21-3/h4-6,8,10,14-15H,1,7,9H2,2-3H3/t10-/m0/s1. The fourth-order valence-corrected chi connectivity index (χ4v) is 3.03. The van der Waals surface area contributed by atoms with E-state index in [0.717, 1.165) is 6.07 Å². The van der Waals surface area contributed by atoms with Gasteiger partial charge in [-0.05, 0) is 19.1 Å². The summed E-state index contributed by atoms with van der Waals surface area (Å²) in [4.78, 5) is 10.3. The molecule has 1 aromatic carbocycles. The van der Waals surface area contributed by atoms with Crippen molar-refractivity contribution in [2.75, 3.05) is 25.6 Å². The highest BCUT2D eigenvalue weighted by molar-refractivity contribution is 7.89. The molecule has 0 aliphatic rings. The fourth-order valence-electron chi connectivity index (χ4n) is 1.78. The lowest BCUT2D eigenvalue weighted by Crippen LogP contribution is -2.35. The Morgan fingerprint density at radius 2 is 2.18 bits per heavy atom. The number of nitrogens with zero attached hydrogens (tertiary/aromatic N) is 1. The van der Waals surface area contributed by atoms with Gasteiger partial charge < -0.3 is 10.1 Å². The van der Waals surface area contributed by atoms with Gasteiger partial charge in [0.15, 0.2) is 0 Å². The zero-order valence-electron chi connectivity index (χ0n) is 12.4. The smallest absolute Gasteiger partial charge is 0.293 e. The van der Waals surface area contributed by atoms with Gasteiger partial charge in [0.1, 0.15) is 5.69 Å². The van der Waals surface area contributed by atoms with Gasteiger partial charge in [0.2, 0.25) is 10.0 Å². The Bertz CT molecular complexity index is 645. The van der Waals surface area contributed by atoms with Crippen molar-refractivity contribution in [1.29, 1.82) is 0 Å². The highest BCUT2D eigenvalue weighted by atomic mass is 32.2. The van der Waals surface area contributed by atoms with Gasteiger partial charge in [-0.2, -0.15) is 0 Å². The first-order chi connectivity index (χ1) is 10.3. The van der Waals surface area contributed by atoms with Gasteiger partial charge in [-0.3, -0.25) is 10.1 Å². The number of nitro benzene ring substituents is 1. The third-order valence-electron chi connectivity index (χ3n) is 2.69. The first-order valence-electron chi connectivity index (χ1n) is 6.46.